The molecule has 26 heavy (non-hydrogen) atoms. The van der Waals surface area contributed by atoms with Gasteiger partial charge in [-0.25, -0.2) is 4.79 Å². The maximum Gasteiger partial charge on any atom is 0.387 e. The van der Waals surface area contributed by atoms with Crippen LogP contribution in [0.15, 0.2) is 47.5 Å². The maximum absolute atomic E-state index is 12.5. The van der Waals surface area contributed by atoms with Crippen molar-refractivity contribution in [1.29, 1.82) is 0 Å². The van der Waals surface area contributed by atoms with E-state index in [0.29, 0.717) is 11.3 Å². The molecule has 0 saturated carbocycles. The first-order valence-corrected chi connectivity index (χ1v) is 7.26. The van der Waals surface area contributed by atoms with E-state index in [2.05, 4.69) is 24.8 Å². The SMILES string of the molecule is COC(=O)c1cc(-c2ccc(OC(F)F)cc2)nn(-c2cn[nH]c2)c1=O. The average Bonchev–Trinajstić information content (AvgIpc) is 3.16. The van der Waals surface area contributed by atoms with Crippen LogP contribution in [0.2, 0.25) is 0 Å². The summed E-state index contributed by atoms with van der Waals surface area (Å²) in [6.45, 7) is -2.94. The highest BCUT2D eigenvalue weighted by atomic mass is 19.3. The van der Waals surface area contributed by atoms with Crippen LogP contribution in [0.25, 0.3) is 16.9 Å². The number of nitrogens with one attached hydrogen (secondary N) is 1. The number of alkyl halides is 2. The number of nitrogens with zero attached hydrogens (tertiary/aromatic N) is 3. The van der Waals surface area contributed by atoms with Gasteiger partial charge in [0.25, 0.3) is 5.56 Å². The molecule has 8 nitrogen and oxygen atoms in total. The van der Waals surface area contributed by atoms with Crippen LogP contribution in [-0.2, 0) is 4.74 Å². The molecule has 0 spiro atoms. The molecule has 0 aliphatic rings. The number of aromatic nitrogens is 4. The highest BCUT2D eigenvalue weighted by Gasteiger charge is 2.18. The van der Waals surface area contributed by atoms with Gasteiger partial charge in [-0.15, -0.1) is 0 Å². The minimum atomic E-state index is -2.94. The fraction of sp³-hybridized carbons (Fsp3) is 0.125. The van der Waals surface area contributed by atoms with Crippen molar-refractivity contribution in [2.45, 2.75) is 6.61 Å². The number of methoxy groups -OCH3 is 1. The van der Waals surface area contributed by atoms with E-state index in [1.807, 2.05) is 0 Å². The van der Waals surface area contributed by atoms with Gasteiger partial charge in [0.1, 0.15) is 17.0 Å². The smallest absolute Gasteiger partial charge is 0.387 e. The Hall–Kier alpha value is -3.56. The van der Waals surface area contributed by atoms with Gasteiger partial charge < -0.3 is 9.47 Å². The predicted octanol–water partition coefficient (Wildman–Crippen LogP) is 2.01. The van der Waals surface area contributed by atoms with Gasteiger partial charge in [-0.05, 0) is 30.3 Å². The van der Waals surface area contributed by atoms with Gasteiger partial charge in [0.05, 0.1) is 19.0 Å². The molecule has 0 bridgehead atoms. The quantitative estimate of drug-likeness (QED) is 0.697. The van der Waals surface area contributed by atoms with Gasteiger partial charge in [0.15, 0.2) is 0 Å². The van der Waals surface area contributed by atoms with Crippen LogP contribution in [0.5, 0.6) is 5.75 Å². The van der Waals surface area contributed by atoms with E-state index < -0.39 is 18.1 Å². The number of aromatic amines is 1. The number of esters is 1. The van der Waals surface area contributed by atoms with Gasteiger partial charge in [0.2, 0.25) is 0 Å². The first-order valence-electron chi connectivity index (χ1n) is 7.26. The van der Waals surface area contributed by atoms with Crippen LogP contribution < -0.4 is 10.3 Å². The van der Waals surface area contributed by atoms with Crippen molar-refractivity contribution in [2.75, 3.05) is 7.11 Å². The van der Waals surface area contributed by atoms with Gasteiger partial charge in [-0.1, -0.05) is 0 Å². The molecular weight excluding hydrogens is 350 g/mol. The first-order chi connectivity index (χ1) is 12.5. The number of hydrogen-bond acceptors (Lipinski definition) is 6. The molecule has 0 fully saturated rings. The Morgan fingerprint density at radius 3 is 2.58 bits per heavy atom. The van der Waals surface area contributed by atoms with Gasteiger partial charge in [0, 0.05) is 11.8 Å². The number of ether oxygens (including phenoxy) is 2. The Labute approximate surface area is 145 Å². The Morgan fingerprint density at radius 2 is 2.00 bits per heavy atom. The fourth-order valence-corrected chi connectivity index (χ4v) is 2.23. The van der Waals surface area contributed by atoms with Gasteiger partial charge >= 0.3 is 12.6 Å². The zero-order chi connectivity index (χ0) is 18.7. The summed E-state index contributed by atoms with van der Waals surface area (Å²) in [6.07, 6.45) is 2.79. The molecule has 0 aliphatic heterocycles. The van der Waals surface area contributed by atoms with Crippen molar-refractivity contribution in [2.24, 2.45) is 0 Å². The molecule has 2 heterocycles. The zero-order valence-electron chi connectivity index (χ0n) is 13.3. The van der Waals surface area contributed by atoms with Crippen LogP contribution in [0.4, 0.5) is 8.78 Å². The van der Waals surface area contributed by atoms with Crippen molar-refractivity contribution >= 4 is 5.97 Å². The topological polar surface area (TPSA) is 99.1 Å². The second-order valence-corrected chi connectivity index (χ2v) is 5.01. The van der Waals surface area contributed by atoms with Gasteiger partial charge in [-0.3, -0.25) is 9.89 Å². The van der Waals surface area contributed by atoms with Crippen LogP contribution in [0.3, 0.4) is 0 Å². The van der Waals surface area contributed by atoms with E-state index in [1.165, 1.54) is 42.7 Å². The van der Waals surface area contributed by atoms with E-state index in [4.69, 9.17) is 0 Å². The highest BCUT2D eigenvalue weighted by molar-refractivity contribution is 5.90. The van der Waals surface area contributed by atoms with Crippen molar-refractivity contribution in [3.63, 3.8) is 0 Å². The molecule has 0 aliphatic carbocycles. The Balaban J connectivity index is 2.11. The molecule has 3 aromatic rings. The molecule has 0 saturated heterocycles. The van der Waals surface area contributed by atoms with Crippen LogP contribution in [0.1, 0.15) is 10.4 Å². The summed E-state index contributed by atoms with van der Waals surface area (Å²) in [5.41, 5.74) is 0.148. The molecular formula is C16H12F2N4O4. The second kappa shape index (κ2) is 7.13. The third-order valence-electron chi connectivity index (χ3n) is 3.42. The van der Waals surface area contributed by atoms with Crippen LogP contribution in [0, 0.1) is 0 Å². The number of rotatable bonds is 5. The second-order valence-electron chi connectivity index (χ2n) is 5.01. The fourth-order valence-electron chi connectivity index (χ4n) is 2.23. The normalized spacial score (nSPS) is 10.8. The average molecular weight is 362 g/mol. The van der Waals surface area contributed by atoms with E-state index >= 15 is 0 Å². The summed E-state index contributed by atoms with van der Waals surface area (Å²) in [4.78, 5) is 24.4. The minimum absolute atomic E-state index is 0.0277. The Kier molecular flexibility index (Phi) is 4.74. The lowest BCUT2D eigenvalue weighted by Crippen LogP contribution is -2.28. The number of carbonyl (C=O) groups excluding carboxylic acids is 1. The van der Waals surface area contributed by atoms with Crippen molar-refractivity contribution in [3.05, 3.63) is 58.6 Å². The highest BCUT2D eigenvalue weighted by Crippen LogP contribution is 2.22. The summed E-state index contributed by atoms with van der Waals surface area (Å²) < 4.78 is 34.4. The summed E-state index contributed by atoms with van der Waals surface area (Å²) in [7, 11) is 1.15. The molecule has 2 aromatic heterocycles. The largest absolute Gasteiger partial charge is 0.465 e. The standard InChI is InChI=1S/C16H12F2N4O4/c1-25-15(24)12-6-13(9-2-4-11(5-3-9)26-16(17)18)21-22(14(12)23)10-7-19-20-8-10/h2-8,16H,1H3,(H,19,20). The molecule has 0 radical (unpaired) electrons. The molecule has 1 N–H and O–H groups in total. The third-order valence-corrected chi connectivity index (χ3v) is 3.42. The van der Waals surface area contributed by atoms with E-state index in [1.54, 1.807) is 0 Å². The summed E-state index contributed by atoms with van der Waals surface area (Å²) >= 11 is 0. The van der Waals surface area contributed by atoms with Crippen molar-refractivity contribution in [3.8, 4) is 22.7 Å². The Morgan fingerprint density at radius 1 is 1.27 bits per heavy atom. The summed E-state index contributed by atoms with van der Waals surface area (Å²) in [5, 5.41) is 10.5. The summed E-state index contributed by atoms with van der Waals surface area (Å²) in [5.74, 6) is -0.853. The molecule has 1 aromatic carbocycles. The Bertz CT molecular complexity index is 969. The number of H-pyrrole nitrogens is 1. The molecule has 134 valence electrons. The van der Waals surface area contributed by atoms with E-state index in [-0.39, 0.29) is 17.0 Å². The number of carbonyl (C=O) groups is 1. The third kappa shape index (κ3) is 3.43. The molecule has 3 rings (SSSR count). The van der Waals surface area contributed by atoms with Gasteiger partial charge in [-0.2, -0.15) is 23.7 Å². The lowest BCUT2D eigenvalue weighted by atomic mass is 10.1. The molecule has 0 atom stereocenters. The summed E-state index contributed by atoms with van der Waals surface area (Å²) in [6, 6.07) is 6.88. The number of hydrogen-bond donors (Lipinski definition) is 1. The zero-order valence-corrected chi connectivity index (χ0v) is 13.3. The monoisotopic (exact) mass is 362 g/mol. The number of benzene rings is 1. The van der Waals surface area contributed by atoms with Crippen LogP contribution >= 0.6 is 0 Å². The lowest BCUT2D eigenvalue weighted by Gasteiger charge is -2.09. The molecule has 10 heteroatoms. The predicted molar refractivity (Wildman–Crippen MR) is 85.4 cm³/mol. The van der Waals surface area contributed by atoms with Crippen molar-refractivity contribution in [1.82, 2.24) is 20.0 Å². The first kappa shape index (κ1) is 17.3. The van der Waals surface area contributed by atoms with E-state index in [0.717, 1.165) is 11.8 Å². The van der Waals surface area contributed by atoms with E-state index in [9.17, 15) is 18.4 Å². The molecule has 0 amide bonds. The van der Waals surface area contributed by atoms with Crippen LogP contribution in [-0.4, -0.2) is 39.7 Å². The lowest BCUT2D eigenvalue weighted by molar-refractivity contribution is -0.0498. The minimum Gasteiger partial charge on any atom is -0.465 e. The van der Waals surface area contributed by atoms with Crippen molar-refractivity contribution < 1.29 is 23.0 Å². The maximum atomic E-state index is 12.5. The molecule has 0 unspecified atom stereocenters. The number of halogens is 2.